The molecule has 0 atom stereocenters. The van der Waals surface area contributed by atoms with Crippen LogP contribution in [0.1, 0.15) is 12.0 Å². The minimum absolute atomic E-state index is 0.0850. The van der Waals surface area contributed by atoms with Crippen LogP contribution in [0.15, 0.2) is 18.2 Å². The molecule has 1 fully saturated rings. The van der Waals surface area contributed by atoms with Gasteiger partial charge in [-0.25, -0.2) is 9.18 Å². The lowest BCUT2D eigenvalue weighted by atomic mass is 10.2. The smallest absolute Gasteiger partial charge is 0.322 e. The average Bonchev–Trinajstić information content (AvgIpc) is 2.34. The molecule has 1 aromatic rings. The first-order valence-electron chi connectivity index (χ1n) is 7.02. The molecular formula is C15H21FN2O3. The van der Waals surface area contributed by atoms with Crippen LogP contribution in [0.25, 0.3) is 0 Å². The normalized spacial score (nSPS) is 14.9. The number of nitrogens with zero attached hydrogens (tertiary/aromatic N) is 1. The van der Waals surface area contributed by atoms with E-state index >= 15 is 0 Å². The number of methoxy groups -OCH3 is 1. The zero-order valence-corrected chi connectivity index (χ0v) is 12.4. The van der Waals surface area contributed by atoms with Gasteiger partial charge in [0.15, 0.2) is 0 Å². The Kier molecular flexibility index (Phi) is 5.52. The van der Waals surface area contributed by atoms with Gasteiger partial charge in [0.1, 0.15) is 5.82 Å². The number of ether oxygens (including phenoxy) is 2. The second-order valence-electron chi connectivity index (χ2n) is 5.19. The summed E-state index contributed by atoms with van der Waals surface area (Å²) in [4.78, 5) is 13.6. The van der Waals surface area contributed by atoms with Crippen molar-refractivity contribution in [1.82, 2.24) is 4.90 Å². The summed E-state index contributed by atoms with van der Waals surface area (Å²) in [6.07, 6.45) is 0.934. The van der Waals surface area contributed by atoms with Crippen molar-refractivity contribution in [2.75, 3.05) is 38.7 Å². The van der Waals surface area contributed by atoms with Gasteiger partial charge in [-0.3, -0.25) is 0 Å². The number of halogens is 1. The van der Waals surface area contributed by atoms with E-state index in [1.165, 1.54) is 12.1 Å². The van der Waals surface area contributed by atoms with Crippen LogP contribution in [0.3, 0.4) is 0 Å². The number of likely N-dealkylation sites (tertiary alicyclic amines) is 1. The summed E-state index contributed by atoms with van der Waals surface area (Å²) in [6, 6.07) is 4.24. The predicted molar refractivity (Wildman–Crippen MR) is 78.0 cm³/mol. The van der Waals surface area contributed by atoms with Crippen LogP contribution in [0.5, 0.6) is 0 Å². The number of urea groups is 1. The van der Waals surface area contributed by atoms with Crippen LogP contribution in [0.2, 0.25) is 0 Å². The number of carbonyl (C=O) groups excluding carboxylic acids is 1. The van der Waals surface area contributed by atoms with Gasteiger partial charge in [-0.15, -0.1) is 0 Å². The summed E-state index contributed by atoms with van der Waals surface area (Å²) >= 11 is 0. The fourth-order valence-corrected chi connectivity index (χ4v) is 2.17. The van der Waals surface area contributed by atoms with E-state index in [4.69, 9.17) is 9.47 Å². The third kappa shape index (κ3) is 4.68. The van der Waals surface area contributed by atoms with Crippen molar-refractivity contribution in [3.05, 3.63) is 29.6 Å². The highest BCUT2D eigenvalue weighted by molar-refractivity contribution is 5.90. The molecule has 1 heterocycles. The van der Waals surface area contributed by atoms with Gasteiger partial charge < -0.3 is 19.7 Å². The van der Waals surface area contributed by atoms with Gasteiger partial charge in [0.05, 0.1) is 19.2 Å². The number of nitrogens with one attached hydrogen (secondary N) is 1. The average molecular weight is 296 g/mol. The summed E-state index contributed by atoms with van der Waals surface area (Å²) in [5.74, 6) is -0.353. The van der Waals surface area contributed by atoms with Crippen LogP contribution in [0.4, 0.5) is 14.9 Å². The Morgan fingerprint density at radius 2 is 2.14 bits per heavy atom. The molecular weight excluding hydrogens is 275 g/mol. The van der Waals surface area contributed by atoms with Gasteiger partial charge in [-0.1, -0.05) is 0 Å². The highest BCUT2D eigenvalue weighted by atomic mass is 19.1. The first-order valence-corrected chi connectivity index (χ1v) is 7.02. The minimum atomic E-state index is -0.353. The molecule has 0 aliphatic carbocycles. The molecule has 1 aliphatic rings. The van der Waals surface area contributed by atoms with Crippen molar-refractivity contribution < 1.29 is 18.7 Å². The van der Waals surface area contributed by atoms with Gasteiger partial charge in [-0.2, -0.15) is 0 Å². The number of benzene rings is 1. The van der Waals surface area contributed by atoms with Crippen molar-refractivity contribution in [2.45, 2.75) is 19.4 Å². The summed E-state index contributed by atoms with van der Waals surface area (Å²) in [6.45, 7) is 4.22. The topological polar surface area (TPSA) is 50.8 Å². The predicted octanol–water partition coefficient (Wildman–Crippen LogP) is 2.40. The van der Waals surface area contributed by atoms with Crippen molar-refractivity contribution >= 4 is 11.7 Å². The highest BCUT2D eigenvalue weighted by Gasteiger charge is 2.31. The van der Waals surface area contributed by atoms with E-state index in [0.29, 0.717) is 32.0 Å². The van der Waals surface area contributed by atoms with E-state index in [9.17, 15) is 9.18 Å². The molecule has 21 heavy (non-hydrogen) atoms. The molecule has 5 nitrogen and oxygen atoms in total. The maximum absolute atomic E-state index is 13.2. The Morgan fingerprint density at radius 3 is 2.81 bits per heavy atom. The fraction of sp³-hybridized carbons (Fsp3) is 0.533. The molecule has 116 valence electrons. The molecule has 2 amide bonds. The molecule has 1 N–H and O–H groups in total. The van der Waals surface area contributed by atoms with Crippen LogP contribution in [-0.4, -0.2) is 50.4 Å². The zero-order valence-electron chi connectivity index (χ0n) is 12.4. The lowest BCUT2D eigenvalue weighted by Crippen LogP contribution is -2.56. The summed E-state index contributed by atoms with van der Waals surface area (Å²) in [5, 5.41) is 2.69. The molecule has 0 bridgehead atoms. The number of rotatable bonds is 6. The standard InChI is InChI=1S/C15H21FN2O3/c1-11-6-12(16)8-13(7-11)17-15(19)18-9-14(10-18)21-5-3-4-20-2/h6-8,14H,3-5,9-10H2,1-2H3,(H,17,19). The van der Waals surface area contributed by atoms with Gasteiger partial charge >= 0.3 is 6.03 Å². The van der Waals surface area contributed by atoms with Gasteiger partial charge in [0.2, 0.25) is 0 Å². The number of carbonyl (C=O) groups is 1. The first-order chi connectivity index (χ1) is 10.1. The molecule has 0 aromatic heterocycles. The number of anilines is 1. The Morgan fingerprint density at radius 1 is 1.38 bits per heavy atom. The zero-order chi connectivity index (χ0) is 15.2. The molecule has 0 unspecified atom stereocenters. The number of hydrogen-bond donors (Lipinski definition) is 1. The van der Waals surface area contributed by atoms with E-state index in [-0.39, 0.29) is 18.0 Å². The van der Waals surface area contributed by atoms with E-state index in [2.05, 4.69) is 5.32 Å². The van der Waals surface area contributed by atoms with Crippen LogP contribution in [-0.2, 0) is 9.47 Å². The van der Waals surface area contributed by atoms with E-state index in [1.54, 1.807) is 25.0 Å². The molecule has 1 aromatic carbocycles. The molecule has 0 spiro atoms. The number of aryl methyl sites for hydroxylation is 1. The first kappa shape index (κ1) is 15.7. The molecule has 0 saturated carbocycles. The largest absolute Gasteiger partial charge is 0.385 e. The lowest BCUT2D eigenvalue weighted by Gasteiger charge is -2.38. The van der Waals surface area contributed by atoms with Crippen molar-refractivity contribution in [3.8, 4) is 0 Å². The van der Waals surface area contributed by atoms with Crippen molar-refractivity contribution in [1.29, 1.82) is 0 Å². The number of amides is 2. The molecule has 0 radical (unpaired) electrons. The Labute approximate surface area is 124 Å². The lowest BCUT2D eigenvalue weighted by molar-refractivity contribution is -0.0380. The molecule has 1 saturated heterocycles. The molecule has 1 aliphatic heterocycles. The van der Waals surface area contributed by atoms with Gasteiger partial charge in [0.25, 0.3) is 0 Å². The summed E-state index contributed by atoms with van der Waals surface area (Å²) < 4.78 is 23.8. The van der Waals surface area contributed by atoms with E-state index in [1.807, 2.05) is 0 Å². The maximum atomic E-state index is 13.2. The van der Waals surface area contributed by atoms with Crippen molar-refractivity contribution in [2.24, 2.45) is 0 Å². The summed E-state index contributed by atoms with van der Waals surface area (Å²) in [7, 11) is 1.66. The molecule has 6 heteroatoms. The maximum Gasteiger partial charge on any atom is 0.322 e. The summed E-state index contributed by atoms with van der Waals surface area (Å²) in [5.41, 5.74) is 1.25. The highest BCUT2D eigenvalue weighted by Crippen LogP contribution is 2.17. The van der Waals surface area contributed by atoms with Crippen LogP contribution < -0.4 is 5.32 Å². The van der Waals surface area contributed by atoms with Crippen LogP contribution in [0, 0.1) is 12.7 Å². The van der Waals surface area contributed by atoms with Gasteiger partial charge in [-0.05, 0) is 37.1 Å². The Hall–Kier alpha value is -1.66. The third-order valence-corrected chi connectivity index (χ3v) is 3.28. The van der Waals surface area contributed by atoms with E-state index < -0.39 is 0 Å². The van der Waals surface area contributed by atoms with E-state index in [0.717, 1.165) is 12.0 Å². The minimum Gasteiger partial charge on any atom is -0.385 e. The fourth-order valence-electron chi connectivity index (χ4n) is 2.17. The monoisotopic (exact) mass is 296 g/mol. The quantitative estimate of drug-likeness (QED) is 0.820. The van der Waals surface area contributed by atoms with Gasteiger partial charge in [0, 0.05) is 26.0 Å². The van der Waals surface area contributed by atoms with Crippen molar-refractivity contribution in [3.63, 3.8) is 0 Å². The second kappa shape index (κ2) is 7.38. The number of hydrogen-bond acceptors (Lipinski definition) is 3. The third-order valence-electron chi connectivity index (χ3n) is 3.28. The Bertz CT molecular complexity index is 470. The SMILES string of the molecule is COCCCOC1CN(C(=O)Nc2cc(C)cc(F)c2)C1. The Balaban J connectivity index is 1.71. The molecule has 2 rings (SSSR count). The van der Waals surface area contributed by atoms with Crippen LogP contribution >= 0.6 is 0 Å². The second-order valence-corrected chi connectivity index (χ2v) is 5.19.